The summed E-state index contributed by atoms with van der Waals surface area (Å²) in [7, 11) is 0. The molecular weight excluding hydrogens is 354 g/mol. The van der Waals surface area contributed by atoms with Gasteiger partial charge in [0.05, 0.1) is 6.42 Å². The minimum absolute atomic E-state index is 0.143. The number of nitrogens with one attached hydrogen (secondary N) is 3. The molecule has 0 aliphatic rings. The van der Waals surface area contributed by atoms with Crippen LogP contribution in [-0.2, 0) is 16.0 Å². The van der Waals surface area contributed by atoms with Crippen molar-refractivity contribution in [3.63, 3.8) is 0 Å². The Kier molecular flexibility index (Phi) is 7.64. The lowest BCUT2D eigenvalue weighted by Gasteiger charge is -2.08. The smallest absolute Gasteiger partial charge is 0.251 e. The van der Waals surface area contributed by atoms with Crippen molar-refractivity contribution in [2.75, 3.05) is 6.54 Å². The number of amides is 3. The lowest BCUT2D eigenvalue weighted by Crippen LogP contribution is -2.42. The first-order valence-corrected chi connectivity index (χ1v) is 8.58. The van der Waals surface area contributed by atoms with E-state index in [0.717, 1.165) is 5.56 Å². The fraction of sp³-hybridized carbons (Fsp3) is 0.211. The van der Waals surface area contributed by atoms with Gasteiger partial charge in [0.25, 0.3) is 5.91 Å². The molecule has 2 aromatic rings. The van der Waals surface area contributed by atoms with Gasteiger partial charge in [0.2, 0.25) is 11.8 Å². The molecule has 2 aromatic carbocycles. The summed E-state index contributed by atoms with van der Waals surface area (Å²) in [6.07, 6.45) is 0.804. The second-order valence-electron chi connectivity index (χ2n) is 5.63. The summed E-state index contributed by atoms with van der Waals surface area (Å²) in [5, 5.41) is 3.34. The van der Waals surface area contributed by atoms with Crippen molar-refractivity contribution in [2.24, 2.45) is 0 Å². The Balaban J connectivity index is 1.59. The van der Waals surface area contributed by atoms with Crippen molar-refractivity contribution in [2.45, 2.75) is 19.3 Å². The van der Waals surface area contributed by atoms with Crippen LogP contribution in [0, 0.1) is 0 Å². The molecule has 0 spiro atoms. The van der Waals surface area contributed by atoms with Crippen molar-refractivity contribution in [1.29, 1.82) is 0 Å². The largest absolute Gasteiger partial charge is 0.352 e. The molecule has 0 unspecified atom stereocenters. The van der Waals surface area contributed by atoms with Gasteiger partial charge in [-0.2, -0.15) is 0 Å². The van der Waals surface area contributed by atoms with E-state index in [1.165, 1.54) is 0 Å². The number of benzene rings is 2. The molecule has 0 saturated heterocycles. The number of hydrogen-bond acceptors (Lipinski definition) is 3. The molecule has 26 heavy (non-hydrogen) atoms. The third-order valence-corrected chi connectivity index (χ3v) is 3.77. The van der Waals surface area contributed by atoms with Gasteiger partial charge in [0.1, 0.15) is 0 Å². The van der Waals surface area contributed by atoms with Crippen LogP contribution in [0.4, 0.5) is 0 Å². The van der Waals surface area contributed by atoms with E-state index in [4.69, 9.17) is 11.6 Å². The standard InChI is InChI=1S/C19H20ClN3O3/c20-16-10-8-14(9-11-16)13-18(25)23-22-17(24)7-4-12-21-19(26)15-5-2-1-3-6-15/h1-3,5-6,8-11H,4,7,12-13H2,(H,21,26)(H,22,24)(H,23,25). The molecule has 0 aromatic heterocycles. The molecule has 0 bridgehead atoms. The third-order valence-electron chi connectivity index (χ3n) is 3.52. The molecule has 3 amide bonds. The van der Waals surface area contributed by atoms with E-state index in [0.29, 0.717) is 23.6 Å². The van der Waals surface area contributed by atoms with Crippen LogP contribution >= 0.6 is 11.6 Å². The minimum atomic E-state index is -0.321. The molecule has 0 atom stereocenters. The Labute approximate surface area is 156 Å². The average molecular weight is 374 g/mol. The van der Waals surface area contributed by atoms with Gasteiger partial charge >= 0.3 is 0 Å². The van der Waals surface area contributed by atoms with Crippen molar-refractivity contribution < 1.29 is 14.4 Å². The van der Waals surface area contributed by atoms with E-state index in [-0.39, 0.29) is 30.6 Å². The highest BCUT2D eigenvalue weighted by Gasteiger charge is 2.07. The van der Waals surface area contributed by atoms with Crippen molar-refractivity contribution in [3.05, 3.63) is 70.7 Å². The van der Waals surface area contributed by atoms with Crippen LogP contribution in [0.5, 0.6) is 0 Å². The molecule has 0 saturated carbocycles. The molecule has 0 heterocycles. The Bertz CT molecular complexity index is 748. The first-order valence-electron chi connectivity index (χ1n) is 8.20. The van der Waals surface area contributed by atoms with E-state index in [2.05, 4.69) is 16.2 Å². The summed E-state index contributed by atoms with van der Waals surface area (Å²) in [5.74, 6) is -0.816. The second-order valence-corrected chi connectivity index (χ2v) is 6.06. The maximum atomic E-state index is 11.8. The topological polar surface area (TPSA) is 87.3 Å². The lowest BCUT2D eigenvalue weighted by atomic mass is 10.1. The fourth-order valence-electron chi connectivity index (χ4n) is 2.18. The van der Waals surface area contributed by atoms with Crippen LogP contribution in [0.3, 0.4) is 0 Å². The van der Waals surface area contributed by atoms with Crippen LogP contribution in [0.15, 0.2) is 54.6 Å². The quantitative estimate of drug-likeness (QED) is 0.514. The summed E-state index contributed by atoms with van der Waals surface area (Å²) >= 11 is 5.78. The molecule has 7 heteroatoms. The predicted octanol–water partition coefficient (Wildman–Crippen LogP) is 2.24. The number of rotatable bonds is 7. The van der Waals surface area contributed by atoms with Gasteiger partial charge in [0.15, 0.2) is 0 Å². The second kappa shape index (κ2) is 10.2. The molecule has 0 aliphatic carbocycles. The van der Waals surface area contributed by atoms with Crippen molar-refractivity contribution in [3.8, 4) is 0 Å². The minimum Gasteiger partial charge on any atom is -0.352 e. The Morgan fingerprint density at radius 1 is 0.846 bits per heavy atom. The maximum absolute atomic E-state index is 11.8. The summed E-state index contributed by atoms with van der Waals surface area (Å²) < 4.78 is 0. The first kappa shape index (κ1) is 19.5. The highest BCUT2D eigenvalue weighted by molar-refractivity contribution is 6.30. The van der Waals surface area contributed by atoms with E-state index in [1.807, 2.05) is 6.07 Å². The van der Waals surface area contributed by atoms with Gasteiger partial charge in [0, 0.05) is 23.6 Å². The van der Waals surface area contributed by atoms with Crippen molar-refractivity contribution >= 4 is 29.3 Å². The zero-order valence-corrected chi connectivity index (χ0v) is 14.9. The number of hydrazine groups is 1. The molecule has 6 nitrogen and oxygen atoms in total. The Morgan fingerprint density at radius 2 is 1.50 bits per heavy atom. The molecule has 0 fully saturated rings. The van der Waals surface area contributed by atoms with Gasteiger partial charge in [-0.1, -0.05) is 41.9 Å². The van der Waals surface area contributed by atoms with Crippen LogP contribution in [0.1, 0.15) is 28.8 Å². The highest BCUT2D eigenvalue weighted by atomic mass is 35.5. The van der Waals surface area contributed by atoms with Crippen LogP contribution < -0.4 is 16.2 Å². The molecular formula is C19H20ClN3O3. The number of carbonyl (C=O) groups excluding carboxylic acids is 3. The number of hydrogen-bond donors (Lipinski definition) is 3. The molecule has 0 aliphatic heterocycles. The normalized spacial score (nSPS) is 10.0. The summed E-state index contributed by atoms with van der Waals surface area (Å²) in [6, 6.07) is 15.8. The summed E-state index contributed by atoms with van der Waals surface area (Å²) in [4.78, 5) is 35.3. The molecule has 0 radical (unpaired) electrons. The van der Waals surface area contributed by atoms with Crippen LogP contribution in [0.2, 0.25) is 5.02 Å². The van der Waals surface area contributed by atoms with E-state index < -0.39 is 0 Å². The molecule has 2 rings (SSSR count). The molecule has 136 valence electrons. The summed E-state index contributed by atoms with van der Waals surface area (Å²) in [5.41, 5.74) is 6.09. The third kappa shape index (κ3) is 6.94. The van der Waals surface area contributed by atoms with Crippen molar-refractivity contribution in [1.82, 2.24) is 16.2 Å². The van der Waals surface area contributed by atoms with E-state index in [9.17, 15) is 14.4 Å². The number of carbonyl (C=O) groups is 3. The Morgan fingerprint density at radius 3 is 2.19 bits per heavy atom. The van der Waals surface area contributed by atoms with Crippen LogP contribution in [0.25, 0.3) is 0 Å². The van der Waals surface area contributed by atoms with E-state index in [1.54, 1.807) is 48.5 Å². The van der Waals surface area contributed by atoms with Gasteiger partial charge in [-0.05, 0) is 36.2 Å². The maximum Gasteiger partial charge on any atom is 0.251 e. The lowest BCUT2D eigenvalue weighted by molar-refractivity contribution is -0.128. The van der Waals surface area contributed by atoms with Gasteiger partial charge < -0.3 is 5.32 Å². The number of halogens is 1. The van der Waals surface area contributed by atoms with Gasteiger partial charge in [-0.25, -0.2) is 0 Å². The predicted molar refractivity (Wildman–Crippen MR) is 99.5 cm³/mol. The zero-order chi connectivity index (χ0) is 18.8. The fourth-order valence-corrected chi connectivity index (χ4v) is 2.30. The summed E-state index contributed by atoms with van der Waals surface area (Å²) in [6.45, 7) is 0.375. The van der Waals surface area contributed by atoms with Gasteiger partial charge in [-0.15, -0.1) is 0 Å². The SMILES string of the molecule is O=C(CCCNC(=O)c1ccccc1)NNC(=O)Cc1ccc(Cl)cc1. The zero-order valence-electron chi connectivity index (χ0n) is 14.1. The molecule has 3 N–H and O–H groups in total. The highest BCUT2D eigenvalue weighted by Crippen LogP contribution is 2.09. The first-order chi connectivity index (χ1) is 12.5. The average Bonchev–Trinajstić information content (AvgIpc) is 2.66. The monoisotopic (exact) mass is 373 g/mol. The van der Waals surface area contributed by atoms with Crippen LogP contribution in [-0.4, -0.2) is 24.3 Å². The van der Waals surface area contributed by atoms with E-state index >= 15 is 0 Å². The Hall–Kier alpha value is -2.86. The van der Waals surface area contributed by atoms with Gasteiger partial charge in [-0.3, -0.25) is 25.2 Å².